The molecular formula is C9H3F4NO2. The summed E-state index contributed by atoms with van der Waals surface area (Å²) in [4.78, 5) is 12.6. The van der Waals surface area contributed by atoms with E-state index < -0.39 is 45.5 Å². The SMILES string of the molecule is O=c1cc(O)c2c(F)c(F)c(F)c(F)c2[nH]1. The van der Waals surface area contributed by atoms with Crippen LogP contribution in [0.3, 0.4) is 0 Å². The average Bonchev–Trinajstić information content (AvgIpc) is 2.22. The number of benzene rings is 1. The number of H-pyrrole nitrogens is 1. The molecule has 0 saturated carbocycles. The number of hydrogen-bond acceptors (Lipinski definition) is 2. The van der Waals surface area contributed by atoms with Crippen LogP contribution in [0.4, 0.5) is 17.6 Å². The number of fused-ring (bicyclic) bond motifs is 1. The zero-order chi connectivity index (χ0) is 12.0. The van der Waals surface area contributed by atoms with Gasteiger partial charge >= 0.3 is 0 Å². The van der Waals surface area contributed by atoms with Gasteiger partial charge in [0, 0.05) is 6.07 Å². The van der Waals surface area contributed by atoms with Crippen LogP contribution >= 0.6 is 0 Å². The van der Waals surface area contributed by atoms with Gasteiger partial charge in [0.15, 0.2) is 23.3 Å². The molecule has 2 aromatic rings. The van der Waals surface area contributed by atoms with E-state index in [1.54, 1.807) is 4.98 Å². The summed E-state index contributed by atoms with van der Waals surface area (Å²) in [5.41, 5.74) is -1.88. The number of aromatic hydroxyl groups is 1. The van der Waals surface area contributed by atoms with Crippen molar-refractivity contribution in [2.24, 2.45) is 0 Å². The molecule has 2 N–H and O–H groups in total. The minimum absolute atomic E-state index is 0.530. The molecule has 1 aromatic carbocycles. The van der Waals surface area contributed by atoms with Gasteiger partial charge in [0.1, 0.15) is 5.75 Å². The molecule has 0 atom stereocenters. The molecular weight excluding hydrogens is 230 g/mol. The Balaban J connectivity index is 3.14. The maximum absolute atomic E-state index is 13.2. The Hall–Kier alpha value is -2.05. The Kier molecular flexibility index (Phi) is 2.11. The second-order valence-electron chi connectivity index (χ2n) is 3.02. The first-order valence-corrected chi connectivity index (χ1v) is 4.01. The molecule has 1 aromatic heterocycles. The van der Waals surface area contributed by atoms with Gasteiger partial charge in [-0.1, -0.05) is 0 Å². The average molecular weight is 233 g/mol. The predicted molar refractivity (Wildman–Crippen MR) is 46.1 cm³/mol. The van der Waals surface area contributed by atoms with E-state index in [4.69, 9.17) is 5.11 Å². The summed E-state index contributed by atoms with van der Waals surface area (Å²) in [6.45, 7) is 0. The van der Waals surface area contributed by atoms with Crippen LogP contribution in [0.15, 0.2) is 10.9 Å². The predicted octanol–water partition coefficient (Wildman–Crippen LogP) is 1.79. The summed E-state index contributed by atoms with van der Waals surface area (Å²) in [5.74, 6) is -8.59. The van der Waals surface area contributed by atoms with Crippen molar-refractivity contribution in [3.05, 3.63) is 39.7 Å². The van der Waals surface area contributed by atoms with Crippen molar-refractivity contribution < 1.29 is 22.7 Å². The first-order chi connectivity index (χ1) is 7.43. The van der Waals surface area contributed by atoms with Crippen LogP contribution in [0.1, 0.15) is 0 Å². The smallest absolute Gasteiger partial charge is 0.252 e. The maximum Gasteiger partial charge on any atom is 0.252 e. The maximum atomic E-state index is 13.2. The summed E-state index contributed by atoms with van der Waals surface area (Å²) in [6.07, 6.45) is 0. The monoisotopic (exact) mass is 233 g/mol. The Morgan fingerprint density at radius 1 is 1.00 bits per heavy atom. The molecule has 1 heterocycles. The molecule has 0 saturated heterocycles. The summed E-state index contributed by atoms with van der Waals surface area (Å²) < 4.78 is 51.9. The lowest BCUT2D eigenvalue weighted by Gasteiger charge is -2.05. The van der Waals surface area contributed by atoms with Crippen molar-refractivity contribution >= 4 is 10.9 Å². The third kappa shape index (κ3) is 1.24. The minimum Gasteiger partial charge on any atom is -0.507 e. The Morgan fingerprint density at radius 2 is 1.56 bits per heavy atom. The van der Waals surface area contributed by atoms with Gasteiger partial charge in [-0.25, -0.2) is 17.6 Å². The molecule has 0 aliphatic rings. The lowest BCUT2D eigenvalue weighted by molar-refractivity contribution is 0.413. The number of aromatic amines is 1. The molecule has 0 unspecified atom stereocenters. The van der Waals surface area contributed by atoms with E-state index in [0.29, 0.717) is 6.07 Å². The Morgan fingerprint density at radius 3 is 2.19 bits per heavy atom. The van der Waals surface area contributed by atoms with E-state index in [-0.39, 0.29) is 0 Å². The lowest BCUT2D eigenvalue weighted by Crippen LogP contribution is -2.08. The Bertz CT molecular complexity index is 650. The third-order valence-corrected chi connectivity index (χ3v) is 2.04. The van der Waals surface area contributed by atoms with Crippen LogP contribution < -0.4 is 5.56 Å². The fourth-order valence-electron chi connectivity index (χ4n) is 1.35. The van der Waals surface area contributed by atoms with E-state index in [1.807, 2.05) is 0 Å². The molecule has 7 heteroatoms. The summed E-state index contributed by atoms with van der Waals surface area (Å²) in [7, 11) is 0. The highest BCUT2D eigenvalue weighted by Crippen LogP contribution is 2.29. The lowest BCUT2D eigenvalue weighted by atomic mass is 10.1. The number of halogens is 4. The molecule has 2 rings (SSSR count). The van der Waals surface area contributed by atoms with Crippen LogP contribution in [0, 0.1) is 23.3 Å². The second-order valence-corrected chi connectivity index (χ2v) is 3.02. The number of rotatable bonds is 0. The molecule has 16 heavy (non-hydrogen) atoms. The molecule has 0 aliphatic carbocycles. The van der Waals surface area contributed by atoms with Crippen molar-refractivity contribution in [1.82, 2.24) is 4.98 Å². The topological polar surface area (TPSA) is 53.1 Å². The quantitative estimate of drug-likeness (QED) is 0.414. The normalized spacial score (nSPS) is 11.0. The van der Waals surface area contributed by atoms with Crippen LogP contribution in [-0.4, -0.2) is 10.1 Å². The fourth-order valence-corrected chi connectivity index (χ4v) is 1.35. The largest absolute Gasteiger partial charge is 0.507 e. The van der Waals surface area contributed by atoms with Crippen molar-refractivity contribution in [1.29, 1.82) is 0 Å². The van der Waals surface area contributed by atoms with E-state index >= 15 is 0 Å². The van der Waals surface area contributed by atoms with Crippen molar-refractivity contribution in [3.8, 4) is 5.75 Å². The van der Waals surface area contributed by atoms with Crippen molar-refractivity contribution in [2.45, 2.75) is 0 Å². The highest BCUT2D eigenvalue weighted by Gasteiger charge is 2.23. The van der Waals surface area contributed by atoms with Crippen LogP contribution in [0.2, 0.25) is 0 Å². The zero-order valence-electron chi connectivity index (χ0n) is 7.44. The van der Waals surface area contributed by atoms with Crippen molar-refractivity contribution in [2.75, 3.05) is 0 Å². The van der Waals surface area contributed by atoms with Gasteiger partial charge in [0.25, 0.3) is 5.56 Å². The van der Waals surface area contributed by atoms with Gasteiger partial charge in [-0.15, -0.1) is 0 Å². The fraction of sp³-hybridized carbons (Fsp3) is 0. The number of aromatic nitrogens is 1. The summed E-state index contributed by atoms with van der Waals surface area (Å²) >= 11 is 0. The first-order valence-electron chi connectivity index (χ1n) is 4.01. The molecule has 0 bridgehead atoms. The van der Waals surface area contributed by atoms with Gasteiger partial charge in [-0.3, -0.25) is 4.79 Å². The van der Waals surface area contributed by atoms with Crippen LogP contribution in [0.25, 0.3) is 10.9 Å². The molecule has 0 amide bonds. The molecule has 0 spiro atoms. The van der Waals surface area contributed by atoms with Gasteiger partial charge in [-0.2, -0.15) is 0 Å². The van der Waals surface area contributed by atoms with Gasteiger partial charge in [0.2, 0.25) is 0 Å². The highest BCUT2D eigenvalue weighted by molar-refractivity contribution is 5.85. The van der Waals surface area contributed by atoms with Crippen molar-refractivity contribution in [3.63, 3.8) is 0 Å². The van der Waals surface area contributed by atoms with Gasteiger partial charge < -0.3 is 10.1 Å². The Labute approximate surface area is 85.0 Å². The molecule has 0 radical (unpaired) electrons. The zero-order valence-corrected chi connectivity index (χ0v) is 7.44. The minimum atomic E-state index is -2.05. The van der Waals surface area contributed by atoms with Gasteiger partial charge in [0.05, 0.1) is 10.9 Å². The first kappa shape index (κ1) is 10.5. The molecule has 84 valence electrons. The molecule has 3 nitrogen and oxygen atoms in total. The number of pyridine rings is 1. The van der Waals surface area contributed by atoms with Gasteiger partial charge in [-0.05, 0) is 0 Å². The van der Waals surface area contributed by atoms with E-state index in [9.17, 15) is 22.4 Å². The number of hydrogen-bond donors (Lipinski definition) is 2. The van der Waals surface area contributed by atoms with Crippen LogP contribution in [0.5, 0.6) is 5.75 Å². The summed E-state index contributed by atoms with van der Waals surface area (Å²) in [5, 5.41) is 8.25. The molecule has 0 fully saturated rings. The van der Waals surface area contributed by atoms with Crippen LogP contribution in [-0.2, 0) is 0 Å². The highest BCUT2D eigenvalue weighted by atomic mass is 19.2. The summed E-state index contributed by atoms with van der Waals surface area (Å²) in [6, 6.07) is 0.530. The standard InChI is InChI=1S/C9H3F4NO2/c10-5-4-2(15)1-3(16)14-9(4)8(13)7(12)6(5)11/h1H,(H2,14,15,16). The second kappa shape index (κ2) is 3.22. The van der Waals surface area contributed by atoms with E-state index in [0.717, 1.165) is 0 Å². The van der Waals surface area contributed by atoms with E-state index in [2.05, 4.69) is 0 Å². The number of nitrogens with one attached hydrogen (secondary N) is 1. The molecule has 0 aliphatic heterocycles. The third-order valence-electron chi connectivity index (χ3n) is 2.04. The van der Waals surface area contributed by atoms with E-state index in [1.165, 1.54) is 0 Å².